The van der Waals surface area contributed by atoms with Crippen molar-refractivity contribution in [2.24, 2.45) is 0 Å². The van der Waals surface area contributed by atoms with Crippen molar-refractivity contribution in [1.29, 1.82) is 0 Å². The summed E-state index contributed by atoms with van der Waals surface area (Å²) >= 11 is 1.88. The van der Waals surface area contributed by atoms with Crippen LogP contribution in [0.3, 0.4) is 0 Å². The zero-order valence-electron chi connectivity index (χ0n) is 10.5. The Morgan fingerprint density at radius 1 is 1.42 bits per heavy atom. The van der Waals surface area contributed by atoms with E-state index < -0.39 is 0 Å². The molecular formula is C13H18ClFN2OS. The second-order valence-electron chi connectivity index (χ2n) is 4.33. The van der Waals surface area contributed by atoms with Gasteiger partial charge in [0.15, 0.2) is 0 Å². The summed E-state index contributed by atoms with van der Waals surface area (Å²) in [5.41, 5.74) is 0.913. The lowest BCUT2D eigenvalue weighted by Crippen LogP contribution is -2.41. The molecule has 1 aliphatic heterocycles. The summed E-state index contributed by atoms with van der Waals surface area (Å²) in [6.07, 6.45) is 0.508. The Morgan fingerprint density at radius 3 is 2.79 bits per heavy atom. The number of rotatable bonds is 4. The molecule has 0 aliphatic carbocycles. The van der Waals surface area contributed by atoms with Crippen molar-refractivity contribution >= 4 is 30.1 Å². The lowest BCUT2D eigenvalue weighted by Gasteiger charge is -2.22. The first-order valence-corrected chi connectivity index (χ1v) is 7.22. The van der Waals surface area contributed by atoms with Crippen LogP contribution in [0, 0.1) is 5.82 Å². The third-order valence-electron chi connectivity index (χ3n) is 2.83. The van der Waals surface area contributed by atoms with Gasteiger partial charge in [-0.15, -0.1) is 12.4 Å². The number of carbonyl (C=O) groups excluding carboxylic acids is 1. The van der Waals surface area contributed by atoms with Crippen molar-refractivity contribution < 1.29 is 9.18 Å². The van der Waals surface area contributed by atoms with Gasteiger partial charge in [-0.25, -0.2) is 4.39 Å². The van der Waals surface area contributed by atoms with E-state index in [1.54, 1.807) is 12.1 Å². The fourth-order valence-corrected chi connectivity index (χ4v) is 2.80. The van der Waals surface area contributed by atoms with Crippen LogP contribution in [-0.2, 0) is 11.3 Å². The molecule has 1 aromatic carbocycles. The molecule has 6 heteroatoms. The summed E-state index contributed by atoms with van der Waals surface area (Å²) in [6.45, 7) is 1.43. The van der Waals surface area contributed by atoms with Gasteiger partial charge in [0.25, 0.3) is 0 Å². The summed E-state index contributed by atoms with van der Waals surface area (Å²) < 4.78 is 12.7. The average Bonchev–Trinajstić information content (AvgIpc) is 2.39. The Balaban J connectivity index is 0.00000180. The zero-order valence-corrected chi connectivity index (χ0v) is 12.2. The van der Waals surface area contributed by atoms with Crippen LogP contribution in [0.5, 0.6) is 0 Å². The van der Waals surface area contributed by atoms with Gasteiger partial charge in [-0.05, 0) is 17.7 Å². The molecule has 1 aromatic rings. The monoisotopic (exact) mass is 304 g/mol. The highest BCUT2D eigenvalue weighted by Gasteiger charge is 2.16. The molecule has 1 amide bonds. The molecule has 0 aromatic heterocycles. The van der Waals surface area contributed by atoms with Crippen LogP contribution in [0.2, 0.25) is 0 Å². The highest BCUT2D eigenvalue weighted by molar-refractivity contribution is 7.99. The summed E-state index contributed by atoms with van der Waals surface area (Å²) in [4.78, 5) is 11.7. The Hall–Kier alpha value is -0.780. The second kappa shape index (κ2) is 8.40. The molecule has 1 aliphatic rings. The molecule has 1 heterocycles. The van der Waals surface area contributed by atoms with Crippen molar-refractivity contribution in [1.82, 2.24) is 10.6 Å². The van der Waals surface area contributed by atoms with Gasteiger partial charge in [0, 0.05) is 37.1 Å². The molecule has 0 radical (unpaired) electrons. The number of benzene rings is 1. The van der Waals surface area contributed by atoms with Crippen LogP contribution in [0.25, 0.3) is 0 Å². The molecule has 19 heavy (non-hydrogen) atoms. The van der Waals surface area contributed by atoms with Crippen molar-refractivity contribution in [2.75, 3.05) is 18.1 Å². The maximum atomic E-state index is 12.7. The van der Waals surface area contributed by atoms with E-state index in [1.807, 2.05) is 11.8 Å². The summed E-state index contributed by atoms with van der Waals surface area (Å²) in [6, 6.07) is 6.45. The Labute approximate surface area is 123 Å². The number of halogens is 2. The highest BCUT2D eigenvalue weighted by atomic mass is 35.5. The summed E-state index contributed by atoms with van der Waals surface area (Å²) in [5.74, 6) is 1.89. The molecule has 0 bridgehead atoms. The molecule has 1 unspecified atom stereocenters. The maximum Gasteiger partial charge on any atom is 0.221 e. The van der Waals surface area contributed by atoms with Gasteiger partial charge >= 0.3 is 0 Å². The molecular weight excluding hydrogens is 287 g/mol. The third kappa shape index (κ3) is 5.80. The molecule has 3 nitrogen and oxygen atoms in total. The van der Waals surface area contributed by atoms with Crippen LogP contribution >= 0.6 is 24.2 Å². The van der Waals surface area contributed by atoms with E-state index in [9.17, 15) is 9.18 Å². The molecule has 0 saturated carbocycles. The average molecular weight is 305 g/mol. The number of thioether (sulfide) groups is 1. The van der Waals surface area contributed by atoms with Crippen molar-refractivity contribution in [2.45, 2.75) is 19.0 Å². The van der Waals surface area contributed by atoms with E-state index in [0.29, 0.717) is 13.0 Å². The lowest BCUT2D eigenvalue weighted by atomic mass is 10.2. The minimum absolute atomic E-state index is 0. The molecule has 1 atom stereocenters. The second-order valence-corrected chi connectivity index (χ2v) is 5.48. The molecule has 2 rings (SSSR count). The number of carbonyl (C=O) groups is 1. The fourth-order valence-electron chi connectivity index (χ4n) is 1.85. The molecule has 0 spiro atoms. The number of amides is 1. The standard InChI is InChI=1S/C13H17FN2OS.ClH/c14-11-3-1-10(2-4-11)8-16-13(17)7-12-9-18-6-5-15-12;/h1-4,12,15H,5-9H2,(H,16,17);1H. The van der Waals surface area contributed by atoms with Gasteiger partial charge in [0.1, 0.15) is 5.82 Å². The minimum Gasteiger partial charge on any atom is -0.352 e. The van der Waals surface area contributed by atoms with Crippen LogP contribution in [-0.4, -0.2) is 30.0 Å². The van der Waals surface area contributed by atoms with Gasteiger partial charge in [-0.1, -0.05) is 12.1 Å². The number of hydrogen-bond donors (Lipinski definition) is 2. The molecule has 1 fully saturated rings. The highest BCUT2D eigenvalue weighted by Crippen LogP contribution is 2.10. The molecule has 106 valence electrons. The van der Waals surface area contributed by atoms with Crippen LogP contribution in [0.1, 0.15) is 12.0 Å². The number of hydrogen-bond acceptors (Lipinski definition) is 3. The van der Waals surface area contributed by atoms with Crippen LogP contribution in [0.15, 0.2) is 24.3 Å². The largest absolute Gasteiger partial charge is 0.352 e. The van der Waals surface area contributed by atoms with E-state index in [4.69, 9.17) is 0 Å². The van der Waals surface area contributed by atoms with E-state index in [1.165, 1.54) is 12.1 Å². The number of nitrogens with one attached hydrogen (secondary N) is 2. The lowest BCUT2D eigenvalue weighted by molar-refractivity contribution is -0.121. The quantitative estimate of drug-likeness (QED) is 0.893. The normalized spacial score (nSPS) is 18.5. The van der Waals surface area contributed by atoms with E-state index in [0.717, 1.165) is 23.6 Å². The van der Waals surface area contributed by atoms with Gasteiger partial charge in [-0.2, -0.15) is 11.8 Å². The van der Waals surface area contributed by atoms with Gasteiger partial charge in [0.2, 0.25) is 5.91 Å². The zero-order chi connectivity index (χ0) is 12.8. The predicted molar refractivity (Wildman–Crippen MR) is 79.2 cm³/mol. The first-order chi connectivity index (χ1) is 8.74. The first-order valence-electron chi connectivity index (χ1n) is 6.06. The van der Waals surface area contributed by atoms with Gasteiger partial charge in [0.05, 0.1) is 0 Å². The third-order valence-corrected chi connectivity index (χ3v) is 3.96. The van der Waals surface area contributed by atoms with Crippen LogP contribution in [0.4, 0.5) is 4.39 Å². The van der Waals surface area contributed by atoms with Gasteiger partial charge < -0.3 is 10.6 Å². The van der Waals surface area contributed by atoms with E-state index in [2.05, 4.69) is 10.6 Å². The summed E-state index contributed by atoms with van der Waals surface area (Å²) in [7, 11) is 0. The Kier molecular flexibility index (Phi) is 7.20. The predicted octanol–water partition coefficient (Wildman–Crippen LogP) is 1.96. The van der Waals surface area contributed by atoms with E-state index >= 15 is 0 Å². The minimum atomic E-state index is -0.256. The molecule has 1 saturated heterocycles. The topological polar surface area (TPSA) is 41.1 Å². The summed E-state index contributed by atoms with van der Waals surface area (Å²) in [5, 5.41) is 6.18. The first kappa shape index (κ1) is 16.3. The Bertz CT molecular complexity index is 396. The van der Waals surface area contributed by atoms with Gasteiger partial charge in [-0.3, -0.25) is 4.79 Å². The van der Waals surface area contributed by atoms with E-state index in [-0.39, 0.29) is 30.2 Å². The fraction of sp³-hybridized carbons (Fsp3) is 0.462. The maximum absolute atomic E-state index is 12.7. The van der Waals surface area contributed by atoms with Crippen molar-refractivity contribution in [3.05, 3.63) is 35.6 Å². The van der Waals surface area contributed by atoms with Crippen LogP contribution < -0.4 is 10.6 Å². The van der Waals surface area contributed by atoms with Crippen molar-refractivity contribution in [3.8, 4) is 0 Å². The smallest absolute Gasteiger partial charge is 0.221 e. The Morgan fingerprint density at radius 2 is 2.16 bits per heavy atom. The SMILES string of the molecule is Cl.O=C(CC1CSCCN1)NCc1ccc(F)cc1. The van der Waals surface area contributed by atoms with Crippen molar-refractivity contribution in [3.63, 3.8) is 0 Å². The molecule has 2 N–H and O–H groups in total.